The Labute approximate surface area is 118 Å². The van der Waals surface area contributed by atoms with E-state index in [2.05, 4.69) is 4.37 Å². The van der Waals surface area contributed by atoms with Gasteiger partial charge < -0.3 is 4.90 Å². The van der Waals surface area contributed by atoms with Gasteiger partial charge in [-0.2, -0.15) is 4.37 Å². The van der Waals surface area contributed by atoms with Gasteiger partial charge in [-0.15, -0.1) is 0 Å². The molecule has 1 aromatic rings. The lowest BCUT2D eigenvalue weighted by atomic mass is 10.0. The van der Waals surface area contributed by atoms with Gasteiger partial charge in [-0.05, 0) is 39.2 Å². The molecule has 7 heteroatoms. The molecule has 19 heavy (non-hydrogen) atoms. The van der Waals surface area contributed by atoms with Crippen LogP contribution in [0.3, 0.4) is 0 Å². The lowest BCUT2D eigenvalue weighted by Crippen LogP contribution is -2.47. The first kappa shape index (κ1) is 16.1. The molecule has 1 rings (SSSR count). The van der Waals surface area contributed by atoms with Gasteiger partial charge in [-0.25, -0.2) is 8.42 Å². The number of carbonyl (C=O) groups is 1. The molecule has 0 N–H and O–H groups in total. The highest BCUT2D eigenvalue weighted by molar-refractivity contribution is 7.90. The van der Waals surface area contributed by atoms with E-state index in [0.29, 0.717) is 11.3 Å². The number of sulfone groups is 1. The maximum absolute atomic E-state index is 12.5. The number of amides is 1. The van der Waals surface area contributed by atoms with Crippen LogP contribution in [-0.2, 0) is 9.84 Å². The van der Waals surface area contributed by atoms with Crippen molar-refractivity contribution in [3.05, 3.63) is 16.6 Å². The molecule has 1 amide bonds. The lowest BCUT2D eigenvalue weighted by Gasteiger charge is -2.35. The van der Waals surface area contributed by atoms with Crippen molar-refractivity contribution >= 4 is 27.3 Å². The summed E-state index contributed by atoms with van der Waals surface area (Å²) in [7, 11) is -3.10. The Hall–Kier alpha value is -0.950. The van der Waals surface area contributed by atoms with E-state index in [1.807, 2.05) is 20.8 Å². The van der Waals surface area contributed by atoms with Gasteiger partial charge in [0.05, 0.1) is 17.0 Å². The molecule has 1 heterocycles. The Kier molecular flexibility index (Phi) is 4.73. The Morgan fingerprint density at radius 1 is 1.42 bits per heavy atom. The van der Waals surface area contributed by atoms with Crippen LogP contribution < -0.4 is 0 Å². The van der Waals surface area contributed by atoms with Crippen molar-refractivity contribution in [3.8, 4) is 0 Å². The summed E-state index contributed by atoms with van der Waals surface area (Å²) in [5, 5.41) is 1.71. The topological polar surface area (TPSA) is 67.3 Å². The van der Waals surface area contributed by atoms with Crippen LogP contribution in [0, 0.1) is 6.92 Å². The Balaban J connectivity index is 2.99. The molecule has 0 radical (unpaired) electrons. The number of carbonyl (C=O) groups excluding carboxylic acids is 1. The zero-order valence-corrected chi connectivity index (χ0v) is 13.6. The largest absolute Gasteiger partial charge is 0.333 e. The van der Waals surface area contributed by atoms with E-state index in [4.69, 9.17) is 0 Å². The van der Waals surface area contributed by atoms with Crippen LogP contribution >= 0.6 is 11.5 Å². The fourth-order valence-electron chi connectivity index (χ4n) is 1.64. The maximum atomic E-state index is 12.5. The van der Waals surface area contributed by atoms with E-state index in [1.165, 1.54) is 17.8 Å². The number of hydrogen-bond donors (Lipinski definition) is 0. The Morgan fingerprint density at radius 3 is 2.37 bits per heavy atom. The van der Waals surface area contributed by atoms with Crippen molar-refractivity contribution in [3.63, 3.8) is 0 Å². The van der Waals surface area contributed by atoms with Crippen molar-refractivity contribution in [2.45, 2.75) is 33.2 Å². The highest BCUT2D eigenvalue weighted by Gasteiger charge is 2.29. The number of aryl methyl sites for hydroxylation is 1. The van der Waals surface area contributed by atoms with Crippen LogP contribution in [0.25, 0.3) is 0 Å². The summed E-state index contributed by atoms with van der Waals surface area (Å²) in [4.78, 5) is 14.1. The van der Waals surface area contributed by atoms with Gasteiger partial charge in [-0.3, -0.25) is 4.79 Å². The zero-order chi connectivity index (χ0) is 14.8. The number of nitrogens with zero attached hydrogens (tertiary/aromatic N) is 2. The lowest BCUT2D eigenvalue weighted by molar-refractivity contribution is 0.0601. The van der Waals surface area contributed by atoms with E-state index in [-0.39, 0.29) is 18.2 Å². The van der Waals surface area contributed by atoms with E-state index >= 15 is 0 Å². The highest BCUT2D eigenvalue weighted by Crippen LogP contribution is 2.20. The third-order valence-corrected chi connectivity index (χ3v) is 4.37. The van der Waals surface area contributed by atoms with Crippen molar-refractivity contribution < 1.29 is 13.2 Å². The zero-order valence-electron chi connectivity index (χ0n) is 11.9. The summed E-state index contributed by atoms with van der Waals surface area (Å²) in [5.41, 5.74) is 0.799. The molecular formula is C12H20N2O3S2. The minimum Gasteiger partial charge on any atom is -0.333 e. The van der Waals surface area contributed by atoms with Gasteiger partial charge in [0.25, 0.3) is 5.91 Å². The molecule has 0 unspecified atom stereocenters. The molecule has 0 aliphatic heterocycles. The van der Waals surface area contributed by atoms with E-state index in [1.54, 1.807) is 17.2 Å². The minimum atomic E-state index is -3.10. The van der Waals surface area contributed by atoms with Gasteiger partial charge >= 0.3 is 0 Å². The smallest absolute Gasteiger partial charge is 0.257 e. The van der Waals surface area contributed by atoms with Crippen LogP contribution in [0.4, 0.5) is 0 Å². The first-order valence-corrected chi connectivity index (χ1v) is 8.83. The predicted octanol–water partition coefficient (Wildman–Crippen LogP) is 1.74. The quantitative estimate of drug-likeness (QED) is 0.849. The van der Waals surface area contributed by atoms with Gasteiger partial charge in [0.1, 0.15) is 9.84 Å². The average molecular weight is 304 g/mol. The summed E-state index contributed by atoms with van der Waals surface area (Å²) in [6.45, 7) is 7.64. The Morgan fingerprint density at radius 2 is 2.00 bits per heavy atom. The summed E-state index contributed by atoms with van der Waals surface area (Å²) in [6, 6.07) is 0. The van der Waals surface area contributed by atoms with Crippen LogP contribution in [-0.4, -0.2) is 47.7 Å². The molecular weight excluding hydrogens is 284 g/mol. The van der Waals surface area contributed by atoms with Crippen molar-refractivity contribution in [1.29, 1.82) is 0 Å². The minimum absolute atomic E-state index is 0.0351. The highest BCUT2D eigenvalue weighted by atomic mass is 32.2. The van der Waals surface area contributed by atoms with E-state index < -0.39 is 15.4 Å². The van der Waals surface area contributed by atoms with Crippen LogP contribution in [0.2, 0.25) is 0 Å². The fraction of sp³-hybridized carbons (Fsp3) is 0.667. The van der Waals surface area contributed by atoms with E-state index in [9.17, 15) is 13.2 Å². The number of hydrogen-bond acceptors (Lipinski definition) is 5. The summed E-state index contributed by atoms with van der Waals surface area (Å²) < 4.78 is 26.7. The standard InChI is InChI=1S/C12H20N2O3S2/c1-9-10(8-18-13-9)11(15)14(12(2,3)4)6-7-19(5,16)17/h8H,6-7H2,1-5H3. The van der Waals surface area contributed by atoms with Gasteiger partial charge in [0.15, 0.2) is 0 Å². The molecule has 1 aromatic heterocycles. The second-order valence-electron chi connectivity index (χ2n) is 5.57. The maximum Gasteiger partial charge on any atom is 0.257 e. The van der Waals surface area contributed by atoms with Gasteiger partial charge in [0, 0.05) is 23.7 Å². The first-order chi connectivity index (χ1) is 8.52. The third-order valence-electron chi connectivity index (χ3n) is 2.72. The van der Waals surface area contributed by atoms with Crippen LogP contribution in [0.1, 0.15) is 36.8 Å². The molecule has 0 aliphatic carbocycles. The second kappa shape index (κ2) is 5.58. The molecule has 5 nitrogen and oxygen atoms in total. The fourth-order valence-corrected chi connectivity index (χ4v) is 2.84. The summed E-state index contributed by atoms with van der Waals surface area (Å²) >= 11 is 1.23. The molecule has 0 fully saturated rings. The van der Waals surface area contributed by atoms with Crippen molar-refractivity contribution in [2.24, 2.45) is 0 Å². The monoisotopic (exact) mass is 304 g/mol. The second-order valence-corrected chi connectivity index (χ2v) is 8.46. The Bertz CT molecular complexity index is 556. The molecule has 0 saturated heterocycles. The number of aromatic nitrogens is 1. The predicted molar refractivity (Wildman–Crippen MR) is 77.4 cm³/mol. The normalized spacial score (nSPS) is 12.5. The molecule has 0 aliphatic rings. The van der Waals surface area contributed by atoms with Crippen LogP contribution in [0.5, 0.6) is 0 Å². The van der Waals surface area contributed by atoms with E-state index in [0.717, 1.165) is 0 Å². The summed E-state index contributed by atoms with van der Waals surface area (Å²) in [6.07, 6.45) is 1.18. The SMILES string of the molecule is Cc1nscc1C(=O)N(CCS(C)(=O)=O)C(C)(C)C. The molecule has 0 spiro atoms. The summed E-state index contributed by atoms with van der Waals surface area (Å²) in [5.74, 6) is -0.200. The van der Waals surface area contributed by atoms with Crippen molar-refractivity contribution in [2.75, 3.05) is 18.6 Å². The molecule has 108 valence electrons. The van der Waals surface area contributed by atoms with Crippen LogP contribution in [0.15, 0.2) is 5.38 Å². The van der Waals surface area contributed by atoms with Crippen molar-refractivity contribution in [1.82, 2.24) is 9.27 Å². The molecule has 0 aromatic carbocycles. The molecule has 0 atom stereocenters. The molecule has 0 bridgehead atoms. The first-order valence-electron chi connectivity index (χ1n) is 5.93. The average Bonchev–Trinajstić information content (AvgIpc) is 2.60. The van der Waals surface area contributed by atoms with Gasteiger partial charge in [-0.1, -0.05) is 0 Å². The molecule has 0 saturated carbocycles. The third kappa shape index (κ3) is 4.58. The number of rotatable bonds is 4. The van der Waals surface area contributed by atoms with Gasteiger partial charge in [0.2, 0.25) is 0 Å².